The summed E-state index contributed by atoms with van der Waals surface area (Å²) in [5, 5.41) is 11.0. The molecule has 1 unspecified atom stereocenters. The smallest absolute Gasteiger partial charge is 0.295 e. The molecule has 0 bridgehead atoms. The first kappa shape index (κ1) is 22.4. The van der Waals surface area contributed by atoms with E-state index in [9.17, 15) is 19.1 Å². The third-order valence-electron chi connectivity index (χ3n) is 5.54. The Morgan fingerprint density at radius 2 is 1.87 bits per heavy atom. The molecule has 1 saturated heterocycles. The number of likely N-dealkylation sites (tertiary alicyclic amines) is 1. The fourth-order valence-corrected chi connectivity index (χ4v) is 3.76. The van der Waals surface area contributed by atoms with Gasteiger partial charge < -0.3 is 19.6 Å². The average Bonchev–Trinajstić information content (AvgIpc) is 3.04. The number of ether oxygens (including phenoxy) is 1. The number of benzene rings is 1. The number of hydrogen-bond donors (Lipinski definition) is 1. The Bertz CT molecular complexity index is 990. The molecular formula is C23H26FN3O4. The largest absolute Gasteiger partial charge is 0.507 e. The number of amides is 1. The molecule has 1 aromatic carbocycles. The van der Waals surface area contributed by atoms with Crippen LogP contribution in [0.2, 0.25) is 0 Å². The van der Waals surface area contributed by atoms with E-state index in [2.05, 4.69) is 9.88 Å². The van der Waals surface area contributed by atoms with Gasteiger partial charge in [0.05, 0.1) is 18.7 Å². The molecule has 0 aliphatic carbocycles. The molecule has 31 heavy (non-hydrogen) atoms. The summed E-state index contributed by atoms with van der Waals surface area (Å²) in [5.41, 5.74) is 0.670. The minimum atomic E-state index is -0.796. The van der Waals surface area contributed by atoms with Crippen molar-refractivity contribution in [2.45, 2.75) is 19.9 Å². The number of aliphatic hydroxyl groups excluding tert-OH is 1. The maximum absolute atomic E-state index is 14.2. The average molecular weight is 427 g/mol. The van der Waals surface area contributed by atoms with Gasteiger partial charge in [-0.05, 0) is 49.0 Å². The van der Waals surface area contributed by atoms with Crippen LogP contribution in [0.1, 0.15) is 31.0 Å². The molecule has 1 aromatic heterocycles. The molecule has 0 saturated carbocycles. The molecule has 1 amide bonds. The fourth-order valence-electron chi connectivity index (χ4n) is 3.76. The highest BCUT2D eigenvalue weighted by Crippen LogP contribution is 2.39. The molecule has 1 N–H and O–H groups in total. The molecule has 1 atom stereocenters. The van der Waals surface area contributed by atoms with Crippen LogP contribution >= 0.6 is 0 Å². The van der Waals surface area contributed by atoms with Gasteiger partial charge in [0.2, 0.25) is 0 Å². The first-order valence-corrected chi connectivity index (χ1v) is 10.2. The first-order valence-electron chi connectivity index (χ1n) is 10.2. The Hall–Kier alpha value is -3.26. The van der Waals surface area contributed by atoms with Crippen molar-refractivity contribution in [1.82, 2.24) is 14.8 Å². The summed E-state index contributed by atoms with van der Waals surface area (Å²) in [7, 11) is 1.34. The van der Waals surface area contributed by atoms with Crippen molar-refractivity contribution in [2.24, 2.45) is 0 Å². The molecule has 2 aromatic rings. The summed E-state index contributed by atoms with van der Waals surface area (Å²) in [6.45, 7) is 6.56. The zero-order valence-corrected chi connectivity index (χ0v) is 17.8. The second-order valence-electron chi connectivity index (χ2n) is 7.15. The SMILES string of the molecule is CCN(CC)CCN1C(=O)C(=O)/C(=C(\O)c2ccc(OC)c(F)c2)C1c1ccncc1. The van der Waals surface area contributed by atoms with Crippen molar-refractivity contribution < 1.29 is 23.8 Å². The zero-order chi connectivity index (χ0) is 22.5. The molecule has 0 radical (unpaired) electrons. The second-order valence-corrected chi connectivity index (χ2v) is 7.15. The van der Waals surface area contributed by atoms with Gasteiger partial charge >= 0.3 is 0 Å². The number of rotatable bonds is 8. The lowest BCUT2D eigenvalue weighted by molar-refractivity contribution is -0.140. The van der Waals surface area contributed by atoms with E-state index in [-0.39, 0.29) is 16.9 Å². The molecule has 0 spiro atoms. The second kappa shape index (κ2) is 9.70. The predicted molar refractivity (Wildman–Crippen MR) is 114 cm³/mol. The summed E-state index contributed by atoms with van der Waals surface area (Å²) in [6, 6.07) is 6.50. The third-order valence-corrected chi connectivity index (χ3v) is 5.54. The highest BCUT2D eigenvalue weighted by Gasteiger charge is 2.46. The topological polar surface area (TPSA) is 83.0 Å². The summed E-state index contributed by atoms with van der Waals surface area (Å²) in [4.78, 5) is 33.4. The quantitative estimate of drug-likeness (QED) is 0.396. The molecule has 164 valence electrons. The number of ketones is 1. The van der Waals surface area contributed by atoms with E-state index >= 15 is 0 Å². The van der Waals surface area contributed by atoms with E-state index in [1.165, 1.54) is 24.1 Å². The van der Waals surface area contributed by atoms with Crippen LogP contribution in [-0.4, -0.2) is 64.9 Å². The first-order chi connectivity index (χ1) is 14.9. The number of nitrogens with zero attached hydrogens (tertiary/aromatic N) is 3. The number of Topliss-reactive ketones (excluding diaryl/α,β-unsaturated/α-hetero) is 1. The minimum absolute atomic E-state index is 0.0157. The van der Waals surface area contributed by atoms with Gasteiger partial charge in [-0.2, -0.15) is 0 Å². The number of carbonyl (C=O) groups excluding carboxylic acids is 2. The molecule has 2 heterocycles. The normalized spacial score (nSPS) is 18.1. The van der Waals surface area contributed by atoms with E-state index in [0.29, 0.717) is 18.7 Å². The van der Waals surface area contributed by atoms with Crippen LogP contribution in [0.25, 0.3) is 5.76 Å². The van der Waals surface area contributed by atoms with E-state index in [1.807, 2.05) is 13.8 Å². The lowest BCUT2D eigenvalue weighted by Gasteiger charge is -2.28. The van der Waals surface area contributed by atoms with Crippen molar-refractivity contribution >= 4 is 17.4 Å². The Morgan fingerprint density at radius 1 is 1.19 bits per heavy atom. The third kappa shape index (κ3) is 4.44. The Labute approximate surface area is 180 Å². The molecule has 1 fully saturated rings. The van der Waals surface area contributed by atoms with Gasteiger partial charge in [-0.3, -0.25) is 14.6 Å². The summed E-state index contributed by atoms with van der Waals surface area (Å²) < 4.78 is 19.1. The number of halogens is 1. The minimum Gasteiger partial charge on any atom is -0.507 e. The Balaban J connectivity index is 2.08. The van der Waals surface area contributed by atoms with Gasteiger partial charge in [0.25, 0.3) is 11.7 Å². The molecule has 1 aliphatic heterocycles. The number of methoxy groups -OCH3 is 1. The highest BCUT2D eigenvalue weighted by atomic mass is 19.1. The van der Waals surface area contributed by atoms with Gasteiger partial charge in [-0.25, -0.2) is 4.39 Å². The highest BCUT2D eigenvalue weighted by molar-refractivity contribution is 6.46. The number of carbonyl (C=O) groups is 2. The standard InChI is InChI=1S/C23H26FN3O4/c1-4-26(5-2)12-13-27-20(15-8-10-25-11-9-15)19(22(29)23(27)30)21(28)16-6-7-18(31-3)17(24)14-16/h6-11,14,20,28H,4-5,12-13H2,1-3H3/b21-19-. The molecule has 3 rings (SSSR count). The molecule has 1 aliphatic rings. The number of pyridine rings is 1. The van der Waals surface area contributed by atoms with Crippen molar-refractivity contribution in [3.63, 3.8) is 0 Å². The van der Waals surface area contributed by atoms with Crippen LogP contribution in [0, 0.1) is 5.82 Å². The van der Waals surface area contributed by atoms with Crippen LogP contribution in [0.15, 0.2) is 48.3 Å². The molecular weight excluding hydrogens is 401 g/mol. The van der Waals surface area contributed by atoms with E-state index in [0.717, 1.165) is 19.2 Å². The monoisotopic (exact) mass is 427 g/mol. The van der Waals surface area contributed by atoms with Crippen LogP contribution in [0.4, 0.5) is 4.39 Å². The fraction of sp³-hybridized carbons (Fsp3) is 0.348. The van der Waals surface area contributed by atoms with Gasteiger partial charge in [0.15, 0.2) is 11.6 Å². The lowest BCUT2D eigenvalue weighted by Crippen LogP contribution is -2.38. The van der Waals surface area contributed by atoms with Crippen LogP contribution in [0.3, 0.4) is 0 Å². The van der Waals surface area contributed by atoms with Crippen molar-refractivity contribution in [3.05, 3.63) is 65.2 Å². The summed E-state index contributed by atoms with van der Waals surface area (Å²) in [5.74, 6) is -2.57. The number of aliphatic hydroxyl groups is 1. The molecule has 8 heteroatoms. The van der Waals surface area contributed by atoms with E-state index in [4.69, 9.17) is 4.74 Å². The van der Waals surface area contributed by atoms with Crippen molar-refractivity contribution in [3.8, 4) is 5.75 Å². The van der Waals surface area contributed by atoms with Gasteiger partial charge in [-0.1, -0.05) is 13.8 Å². The predicted octanol–water partition coefficient (Wildman–Crippen LogP) is 2.99. The summed E-state index contributed by atoms with van der Waals surface area (Å²) >= 11 is 0. The Morgan fingerprint density at radius 3 is 2.45 bits per heavy atom. The van der Waals surface area contributed by atoms with Gasteiger partial charge in [0, 0.05) is 31.0 Å². The van der Waals surface area contributed by atoms with Crippen LogP contribution in [0.5, 0.6) is 5.75 Å². The maximum Gasteiger partial charge on any atom is 0.295 e. The summed E-state index contributed by atoms with van der Waals surface area (Å²) in [6.07, 6.45) is 3.12. The van der Waals surface area contributed by atoms with Gasteiger partial charge in [-0.15, -0.1) is 0 Å². The van der Waals surface area contributed by atoms with Crippen molar-refractivity contribution in [2.75, 3.05) is 33.3 Å². The zero-order valence-electron chi connectivity index (χ0n) is 17.8. The molecule has 7 nitrogen and oxygen atoms in total. The van der Waals surface area contributed by atoms with E-state index in [1.54, 1.807) is 24.5 Å². The van der Waals surface area contributed by atoms with Gasteiger partial charge in [0.1, 0.15) is 5.76 Å². The van der Waals surface area contributed by atoms with Crippen molar-refractivity contribution in [1.29, 1.82) is 0 Å². The van der Waals surface area contributed by atoms with Crippen LogP contribution in [-0.2, 0) is 9.59 Å². The lowest BCUT2D eigenvalue weighted by atomic mass is 9.96. The maximum atomic E-state index is 14.2. The Kier molecular flexibility index (Phi) is 7.02. The number of hydrogen-bond acceptors (Lipinski definition) is 6. The van der Waals surface area contributed by atoms with E-state index < -0.39 is 29.3 Å². The van der Waals surface area contributed by atoms with Crippen LogP contribution < -0.4 is 4.74 Å². The number of aromatic nitrogens is 1. The number of likely N-dealkylation sites (N-methyl/N-ethyl adjacent to an activating group) is 1.